The lowest BCUT2D eigenvalue weighted by Crippen LogP contribution is -2.26. The van der Waals surface area contributed by atoms with Crippen LogP contribution in [0.15, 0.2) is 41.2 Å². The third-order valence-corrected chi connectivity index (χ3v) is 3.47. The van der Waals surface area contributed by atoms with Gasteiger partial charge in [0.2, 0.25) is 0 Å². The maximum Gasteiger partial charge on any atom is 0.268 e. The van der Waals surface area contributed by atoms with Crippen molar-refractivity contribution in [3.8, 4) is 23.1 Å². The minimum atomic E-state index is -0.341. The molecular weight excluding hydrogens is 298 g/mol. The van der Waals surface area contributed by atoms with Crippen molar-refractivity contribution in [3.63, 3.8) is 0 Å². The van der Waals surface area contributed by atoms with Crippen LogP contribution in [0.1, 0.15) is 12.0 Å². The van der Waals surface area contributed by atoms with E-state index in [0.29, 0.717) is 23.6 Å². The summed E-state index contributed by atoms with van der Waals surface area (Å²) in [7, 11) is 1.59. The Bertz CT molecular complexity index is 789. The second kappa shape index (κ2) is 6.87. The quantitative estimate of drug-likeness (QED) is 0.855. The standard InChI is InChI=1S/C16H15N3O2S/c1-21-13-5-2-11(3-6-13)14-7-4-12(10-17)16(20)19(14)9-8-15(18)22/h2-7H,8-9H2,1H3,(H2,18,22). The zero-order chi connectivity index (χ0) is 16.1. The number of pyridine rings is 1. The molecule has 0 amide bonds. The van der Waals surface area contributed by atoms with E-state index in [2.05, 4.69) is 0 Å². The van der Waals surface area contributed by atoms with Gasteiger partial charge >= 0.3 is 0 Å². The Morgan fingerprint density at radius 2 is 2.00 bits per heavy atom. The lowest BCUT2D eigenvalue weighted by Gasteiger charge is -2.13. The minimum Gasteiger partial charge on any atom is -0.497 e. The van der Waals surface area contributed by atoms with Crippen LogP contribution in [-0.2, 0) is 6.54 Å². The summed E-state index contributed by atoms with van der Waals surface area (Å²) < 4.78 is 6.66. The lowest BCUT2D eigenvalue weighted by molar-refractivity contribution is 0.415. The summed E-state index contributed by atoms with van der Waals surface area (Å²) in [5.41, 5.74) is 6.84. The summed E-state index contributed by atoms with van der Waals surface area (Å²) in [6.07, 6.45) is 0.396. The lowest BCUT2D eigenvalue weighted by atomic mass is 10.1. The molecule has 2 N–H and O–H groups in total. The molecule has 0 aliphatic carbocycles. The first-order chi connectivity index (χ1) is 10.6. The van der Waals surface area contributed by atoms with E-state index in [9.17, 15) is 4.79 Å². The molecule has 22 heavy (non-hydrogen) atoms. The number of aromatic nitrogens is 1. The monoisotopic (exact) mass is 313 g/mol. The van der Waals surface area contributed by atoms with E-state index in [1.807, 2.05) is 30.3 Å². The van der Waals surface area contributed by atoms with Crippen LogP contribution in [0.2, 0.25) is 0 Å². The van der Waals surface area contributed by atoms with Gasteiger partial charge in [0.25, 0.3) is 5.56 Å². The molecule has 6 heteroatoms. The topological polar surface area (TPSA) is 81.0 Å². The van der Waals surface area contributed by atoms with Crippen molar-refractivity contribution in [1.82, 2.24) is 4.57 Å². The SMILES string of the molecule is COc1ccc(-c2ccc(C#N)c(=O)n2CCC(N)=S)cc1. The minimum absolute atomic E-state index is 0.0974. The fourth-order valence-electron chi connectivity index (χ4n) is 2.12. The summed E-state index contributed by atoms with van der Waals surface area (Å²) in [5.74, 6) is 0.731. The fraction of sp³-hybridized carbons (Fsp3) is 0.188. The normalized spacial score (nSPS) is 10.0. The highest BCUT2D eigenvalue weighted by Crippen LogP contribution is 2.22. The smallest absolute Gasteiger partial charge is 0.268 e. The van der Waals surface area contributed by atoms with E-state index in [0.717, 1.165) is 11.3 Å². The number of nitrogens with zero attached hydrogens (tertiary/aromatic N) is 2. The molecule has 0 fully saturated rings. The van der Waals surface area contributed by atoms with Crippen molar-refractivity contribution in [2.75, 3.05) is 7.11 Å². The number of hydrogen-bond acceptors (Lipinski definition) is 4. The Morgan fingerprint density at radius 1 is 1.32 bits per heavy atom. The van der Waals surface area contributed by atoms with Gasteiger partial charge in [0.15, 0.2) is 0 Å². The highest BCUT2D eigenvalue weighted by molar-refractivity contribution is 7.80. The Kier molecular flexibility index (Phi) is 4.92. The summed E-state index contributed by atoms with van der Waals surface area (Å²) in [5, 5.41) is 9.02. The van der Waals surface area contributed by atoms with Gasteiger partial charge in [-0.25, -0.2) is 0 Å². The van der Waals surface area contributed by atoms with Gasteiger partial charge in [0.05, 0.1) is 17.8 Å². The molecule has 0 radical (unpaired) electrons. The number of hydrogen-bond donors (Lipinski definition) is 1. The van der Waals surface area contributed by atoms with Crippen LogP contribution in [0.4, 0.5) is 0 Å². The Balaban J connectivity index is 2.53. The molecule has 112 valence electrons. The predicted octanol–water partition coefficient (Wildman–Crippen LogP) is 2.07. The molecule has 5 nitrogen and oxygen atoms in total. The van der Waals surface area contributed by atoms with Gasteiger partial charge in [-0.05, 0) is 42.0 Å². The highest BCUT2D eigenvalue weighted by atomic mass is 32.1. The number of rotatable bonds is 5. The van der Waals surface area contributed by atoms with Gasteiger partial charge in [-0.2, -0.15) is 5.26 Å². The van der Waals surface area contributed by atoms with Crippen LogP contribution < -0.4 is 16.0 Å². The summed E-state index contributed by atoms with van der Waals surface area (Å²) in [6.45, 7) is 0.338. The van der Waals surface area contributed by atoms with Gasteiger partial charge in [0.1, 0.15) is 17.4 Å². The van der Waals surface area contributed by atoms with E-state index >= 15 is 0 Å². The number of nitriles is 1. The van der Waals surface area contributed by atoms with Gasteiger partial charge in [-0.3, -0.25) is 4.79 Å². The van der Waals surface area contributed by atoms with Crippen LogP contribution in [0.5, 0.6) is 5.75 Å². The second-order valence-electron chi connectivity index (χ2n) is 4.65. The third-order valence-electron chi connectivity index (χ3n) is 3.26. The zero-order valence-electron chi connectivity index (χ0n) is 12.1. The molecule has 0 spiro atoms. The first kappa shape index (κ1) is 15.7. The number of methoxy groups -OCH3 is 1. The summed E-state index contributed by atoms with van der Waals surface area (Å²) in [6, 6.07) is 12.5. The molecule has 0 atom stereocenters. The fourth-order valence-corrected chi connectivity index (χ4v) is 2.21. The predicted molar refractivity (Wildman–Crippen MR) is 88.8 cm³/mol. The Morgan fingerprint density at radius 3 is 2.55 bits per heavy atom. The Hall–Kier alpha value is -2.65. The maximum absolute atomic E-state index is 12.4. The number of thiocarbonyl (C=S) groups is 1. The van der Waals surface area contributed by atoms with Crippen molar-refractivity contribution in [2.24, 2.45) is 5.73 Å². The molecule has 0 saturated carbocycles. The van der Waals surface area contributed by atoms with Crippen molar-refractivity contribution >= 4 is 17.2 Å². The van der Waals surface area contributed by atoms with Crippen LogP contribution in [0.3, 0.4) is 0 Å². The molecule has 2 rings (SSSR count). The van der Waals surface area contributed by atoms with Crippen molar-refractivity contribution in [3.05, 3.63) is 52.3 Å². The maximum atomic E-state index is 12.4. The van der Waals surface area contributed by atoms with Gasteiger partial charge in [0, 0.05) is 13.0 Å². The van der Waals surface area contributed by atoms with Crippen LogP contribution in [0.25, 0.3) is 11.3 Å². The average Bonchev–Trinajstić information content (AvgIpc) is 2.53. The third kappa shape index (κ3) is 3.32. The van der Waals surface area contributed by atoms with Crippen LogP contribution >= 0.6 is 12.2 Å². The number of ether oxygens (including phenoxy) is 1. The Labute approximate surface area is 133 Å². The van der Waals surface area contributed by atoms with Crippen LogP contribution in [-0.4, -0.2) is 16.7 Å². The number of nitrogens with two attached hydrogens (primary N) is 1. The zero-order valence-corrected chi connectivity index (χ0v) is 12.9. The summed E-state index contributed by atoms with van der Waals surface area (Å²) in [4.78, 5) is 12.7. The molecule has 1 heterocycles. The van der Waals surface area contributed by atoms with Gasteiger partial charge in [-0.15, -0.1) is 0 Å². The molecule has 0 bridgehead atoms. The highest BCUT2D eigenvalue weighted by Gasteiger charge is 2.11. The molecule has 2 aromatic rings. The average molecular weight is 313 g/mol. The van der Waals surface area contributed by atoms with E-state index in [-0.39, 0.29) is 11.1 Å². The van der Waals surface area contributed by atoms with E-state index in [1.54, 1.807) is 13.2 Å². The first-order valence-corrected chi connectivity index (χ1v) is 7.04. The molecular formula is C16H15N3O2S. The molecule has 0 unspecified atom stereocenters. The van der Waals surface area contributed by atoms with E-state index in [4.69, 9.17) is 28.0 Å². The summed E-state index contributed by atoms with van der Waals surface area (Å²) >= 11 is 4.87. The van der Waals surface area contributed by atoms with Crippen molar-refractivity contribution in [2.45, 2.75) is 13.0 Å². The molecule has 0 aliphatic heterocycles. The van der Waals surface area contributed by atoms with E-state index in [1.165, 1.54) is 10.6 Å². The molecule has 0 aliphatic rings. The van der Waals surface area contributed by atoms with E-state index < -0.39 is 0 Å². The first-order valence-electron chi connectivity index (χ1n) is 6.63. The van der Waals surface area contributed by atoms with Crippen molar-refractivity contribution < 1.29 is 4.74 Å². The second-order valence-corrected chi connectivity index (χ2v) is 5.17. The largest absolute Gasteiger partial charge is 0.497 e. The number of benzene rings is 1. The van der Waals surface area contributed by atoms with Crippen LogP contribution in [0, 0.1) is 11.3 Å². The van der Waals surface area contributed by atoms with Crippen molar-refractivity contribution in [1.29, 1.82) is 5.26 Å². The van der Waals surface area contributed by atoms with Gasteiger partial charge in [-0.1, -0.05) is 12.2 Å². The molecule has 1 aromatic heterocycles. The molecule has 0 saturated heterocycles. The molecule has 1 aromatic carbocycles. The van der Waals surface area contributed by atoms with Gasteiger partial charge < -0.3 is 15.0 Å².